The van der Waals surface area contributed by atoms with Gasteiger partial charge in [0.1, 0.15) is 11.3 Å². The Bertz CT molecular complexity index is 477. The van der Waals surface area contributed by atoms with Crippen LogP contribution in [-0.4, -0.2) is 18.3 Å². The molecule has 1 atom stereocenters. The molecule has 2 aromatic rings. The van der Waals surface area contributed by atoms with Gasteiger partial charge >= 0.3 is 0 Å². The second-order valence-electron chi connectivity index (χ2n) is 4.52. The third-order valence-corrected chi connectivity index (χ3v) is 3.14. The van der Waals surface area contributed by atoms with Crippen LogP contribution in [0.3, 0.4) is 0 Å². The second-order valence-corrected chi connectivity index (χ2v) is 4.52. The van der Waals surface area contributed by atoms with Gasteiger partial charge in [-0.15, -0.1) is 0 Å². The molecule has 0 radical (unpaired) electrons. The van der Waals surface area contributed by atoms with Crippen molar-refractivity contribution in [1.29, 1.82) is 0 Å². The first-order valence-electron chi connectivity index (χ1n) is 5.96. The summed E-state index contributed by atoms with van der Waals surface area (Å²) in [5, 5.41) is 13.1. The lowest BCUT2D eigenvalue weighted by Crippen LogP contribution is -2.21. The van der Waals surface area contributed by atoms with Crippen molar-refractivity contribution in [2.45, 2.75) is 26.8 Å². The third kappa shape index (κ3) is 2.51. The van der Waals surface area contributed by atoms with Crippen LogP contribution in [0.5, 0.6) is 0 Å². The number of furan rings is 1. The van der Waals surface area contributed by atoms with Gasteiger partial charge in [-0.3, -0.25) is 0 Å². The molecule has 1 unspecified atom stereocenters. The van der Waals surface area contributed by atoms with Gasteiger partial charge in [0.05, 0.1) is 12.6 Å². The van der Waals surface area contributed by atoms with Crippen LogP contribution in [0.1, 0.15) is 29.9 Å². The number of fused-ring (bicyclic) bond motifs is 1. The van der Waals surface area contributed by atoms with E-state index in [0.717, 1.165) is 16.7 Å². The molecule has 2 N–H and O–H groups in total. The molecular weight excluding hydrogens is 214 g/mol. The van der Waals surface area contributed by atoms with Crippen molar-refractivity contribution < 1.29 is 9.52 Å². The van der Waals surface area contributed by atoms with E-state index in [9.17, 15) is 0 Å². The van der Waals surface area contributed by atoms with Gasteiger partial charge in [-0.1, -0.05) is 0 Å². The molecule has 1 heterocycles. The Morgan fingerprint density at radius 3 is 2.65 bits per heavy atom. The van der Waals surface area contributed by atoms with Crippen LogP contribution in [0.25, 0.3) is 11.0 Å². The molecule has 0 saturated carbocycles. The van der Waals surface area contributed by atoms with Crippen LogP contribution < -0.4 is 5.32 Å². The van der Waals surface area contributed by atoms with E-state index in [1.807, 2.05) is 6.92 Å². The Balaban J connectivity index is 2.31. The average molecular weight is 233 g/mol. The first-order chi connectivity index (χ1) is 8.11. The fourth-order valence-electron chi connectivity index (χ4n) is 1.92. The van der Waals surface area contributed by atoms with Gasteiger partial charge in [-0.2, -0.15) is 0 Å². The van der Waals surface area contributed by atoms with E-state index in [-0.39, 0.29) is 12.6 Å². The van der Waals surface area contributed by atoms with Crippen molar-refractivity contribution in [2.75, 3.05) is 13.2 Å². The predicted molar refractivity (Wildman–Crippen MR) is 69.2 cm³/mol. The lowest BCUT2D eigenvalue weighted by Gasteiger charge is -2.08. The Hall–Kier alpha value is -1.32. The average Bonchev–Trinajstić information content (AvgIpc) is 2.69. The standard InChI is InChI=1S/C14H19NO2/c1-9-6-12-8-13(11(3)15-4-5-16)17-14(12)7-10(9)2/h6-8,11,15-16H,4-5H2,1-3H3. The van der Waals surface area contributed by atoms with E-state index in [0.29, 0.717) is 6.54 Å². The Morgan fingerprint density at radius 1 is 1.24 bits per heavy atom. The fourth-order valence-corrected chi connectivity index (χ4v) is 1.92. The van der Waals surface area contributed by atoms with E-state index in [1.54, 1.807) is 0 Å². The number of aliphatic hydroxyl groups excluding tert-OH is 1. The van der Waals surface area contributed by atoms with Gasteiger partial charge < -0.3 is 14.8 Å². The summed E-state index contributed by atoms with van der Waals surface area (Å²) in [5.41, 5.74) is 3.45. The van der Waals surface area contributed by atoms with E-state index in [4.69, 9.17) is 9.52 Å². The van der Waals surface area contributed by atoms with Crippen LogP contribution in [0.15, 0.2) is 22.6 Å². The molecular formula is C14H19NO2. The summed E-state index contributed by atoms with van der Waals surface area (Å²) < 4.78 is 5.82. The summed E-state index contributed by atoms with van der Waals surface area (Å²) in [4.78, 5) is 0. The normalized spacial score (nSPS) is 13.2. The molecule has 0 aliphatic rings. The summed E-state index contributed by atoms with van der Waals surface area (Å²) in [6.07, 6.45) is 0. The Kier molecular flexibility index (Phi) is 3.50. The molecule has 3 nitrogen and oxygen atoms in total. The topological polar surface area (TPSA) is 45.4 Å². The van der Waals surface area contributed by atoms with Gasteiger partial charge in [0.25, 0.3) is 0 Å². The fraction of sp³-hybridized carbons (Fsp3) is 0.429. The van der Waals surface area contributed by atoms with Crippen molar-refractivity contribution in [2.24, 2.45) is 0 Å². The summed E-state index contributed by atoms with van der Waals surface area (Å²) in [6, 6.07) is 6.41. The summed E-state index contributed by atoms with van der Waals surface area (Å²) in [5.74, 6) is 0.915. The van der Waals surface area contributed by atoms with Gasteiger partial charge in [0, 0.05) is 11.9 Å². The maximum atomic E-state index is 8.78. The molecule has 0 bridgehead atoms. The number of aryl methyl sites for hydroxylation is 2. The molecule has 0 aliphatic carbocycles. The quantitative estimate of drug-likeness (QED) is 0.853. The van der Waals surface area contributed by atoms with Crippen LogP contribution in [0.2, 0.25) is 0 Å². The summed E-state index contributed by atoms with van der Waals surface area (Å²) >= 11 is 0. The van der Waals surface area contributed by atoms with Gasteiger partial charge in [-0.05, 0) is 50.1 Å². The smallest absolute Gasteiger partial charge is 0.134 e. The third-order valence-electron chi connectivity index (χ3n) is 3.14. The maximum Gasteiger partial charge on any atom is 0.134 e. The molecule has 1 aromatic carbocycles. The molecule has 0 amide bonds. The molecule has 1 aromatic heterocycles. The SMILES string of the molecule is Cc1cc2cc(C(C)NCCO)oc2cc1C. The van der Waals surface area contributed by atoms with Gasteiger partial charge in [0.2, 0.25) is 0 Å². The molecule has 0 fully saturated rings. The minimum absolute atomic E-state index is 0.121. The lowest BCUT2D eigenvalue weighted by atomic mass is 10.1. The summed E-state index contributed by atoms with van der Waals surface area (Å²) in [7, 11) is 0. The molecule has 17 heavy (non-hydrogen) atoms. The minimum atomic E-state index is 0.121. The number of benzene rings is 1. The zero-order valence-electron chi connectivity index (χ0n) is 10.6. The van der Waals surface area contributed by atoms with Gasteiger partial charge in [-0.25, -0.2) is 0 Å². The van der Waals surface area contributed by atoms with Crippen LogP contribution >= 0.6 is 0 Å². The molecule has 0 aliphatic heterocycles. The first-order valence-corrected chi connectivity index (χ1v) is 5.96. The lowest BCUT2D eigenvalue weighted by molar-refractivity contribution is 0.282. The Labute approximate surface area is 101 Å². The Morgan fingerprint density at radius 2 is 1.94 bits per heavy atom. The molecule has 0 spiro atoms. The molecule has 0 saturated heterocycles. The number of hydrogen-bond acceptors (Lipinski definition) is 3. The molecule has 3 heteroatoms. The zero-order chi connectivity index (χ0) is 12.4. The monoisotopic (exact) mass is 233 g/mol. The van der Waals surface area contributed by atoms with Crippen LogP contribution in [0, 0.1) is 13.8 Å². The van der Waals surface area contributed by atoms with E-state index >= 15 is 0 Å². The number of aliphatic hydroxyl groups is 1. The minimum Gasteiger partial charge on any atom is -0.459 e. The van der Waals surface area contributed by atoms with Crippen molar-refractivity contribution in [3.05, 3.63) is 35.1 Å². The number of rotatable bonds is 4. The first kappa shape index (κ1) is 12.1. The largest absolute Gasteiger partial charge is 0.459 e. The highest BCUT2D eigenvalue weighted by Gasteiger charge is 2.11. The van der Waals surface area contributed by atoms with Crippen molar-refractivity contribution in [3.8, 4) is 0 Å². The van der Waals surface area contributed by atoms with E-state index in [2.05, 4.69) is 37.4 Å². The maximum absolute atomic E-state index is 8.78. The van der Waals surface area contributed by atoms with Crippen molar-refractivity contribution in [1.82, 2.24) is 5.32 Å². The highest BCUT2D eigenvalue weighted by Crippen LogP contribution is 2.26. The molecule has 2 rings (SSSR count). The second kappa shape index (κ2) is 4.90. The summed E-state index contributed by atoms with van der Waals surface area (Å²) in [6.45, 7) is 6.95. The van der Waals surface area contributed by atoms with Crippen molar-refractivity contribution >= 4 is 11.0 Å². The van der Waals surface area contributed by atoms with Gasteiger partial charge in [0.15, 0.2) is 0 Å². The highest BCUT2D eigenvalue weighted by molar-refractivity contribution is 5.79. The number of hydrogen-bond donors (Lipinski definition) is 2. The number of nitrogens with one attached hydrogen (secondary N) is 1. The van der Waals surface area contributed by atoms with E-state index < -0.39 is 0 Å². The zero-order valence-corrected chi connectivity index (χ0v) is 10.6. The van der Waals surface area contributed by atoms with Crippen molar-refractivity contribution in [3.63, 3.8) is 0 Å². The highest BCUT2D eigenvalue weighted by atomic mass is 16.3. The molecule has 92 valence electrons. The predicted octanol–water partition coefficient (Wildman–Crippen LogP) is 2.69. The van der Waals surface area contributed by atoms with Crippen LogP contribution in [0.4, 0.5) is 0 Å². The van der Waals surface area contributed by atoms with Crippen LogP contribution in [-0.2, 0) is 0 Å². The van der Waals surface area contributed by atoms with E-state index in [1.165, 1.54) is 11.1 Å².